The molecule has 1 aromatic carbocycles. The highest BCUT2D eigenvalue weighted by molar-refractivity contribution is 5.78. The first-order chi connectivity index (χ1) is 7.53. The highest BCUT2D eigenvalue weighted by Gasteiger charge is 2.26. The molecule has 0 spiro atoms. The van der Waals surface area contributed by atoms with E-state index in [-0.39, 0.29) is 0 Å². The van der Waals surface area contributed by atoms with Crippen molar-refractivity contribution in [2.45, 2.75) is 19.4 Å². The van der Waals surface area contributed by atoms with E-state index in [1.54, 1.807) is 14.0 Å². The van der Waals surface area contributed by atoms with Gasteiger partial charge in [0.25, 0.3) is 0 Å². The van der Waals surface area contributed by atoms with Gasteiger partial charge in [0.05, 0.1) is 0 Å². The van der Waals surface area contributed by atoms with Gasteiger partial charge < -0.3 is 14.8 Å². The Morgan fingerprint density at radius 3 is 2.81 bits per heavy atom. The Bertz CT molecular complexity index is 500. The van der Waals surface area contributed by atoms with E-state index < -0.39 is 5.60 Å². The summed E-state index contributed by atoms with van der Waals surface area (Å²) in [6.07, 6.45) is 0. The van der Waals surface area contributed by atoms with Crippen molar-refractivity contribution in [3.8, 4) is 0 Å². The molecule has 0 bridgehead atoms. The van der Waals surface area contributed by atoms with Crippen LogP contribution < -0.4 is 5.32 Å². The van der Waals surface area contributed by atoms with Gasteiger partial charge in [-0.05, 0) is 39.1 Å². The average Bonchev–Trinajstić information content (AvgIpc) is 2.61. The SMILES string of the molecule is CNCC(C)(O)c1cc2cc(C)ccc2o1. The van der Waals surface area contributed by atoms with Crippen LogP contribution in [0.5, 0.6) is 0 Å². The first-order valence-corrected chi connectivity index (χ1v) is 5.40. The highest BCUT2D eigenvalue weighted by Crippen LogP contribution is 2.28. The lowest BCUT2D eigenvalue weighted by molar-refractivity contribution is 0.0378. The first kappa shape index (κ1) is 11.2. The van der Waals surface area contributed by atoms with E-state index in [9.17, 15) is 5.11 Å². The molecule has 0 saturated heterocycles. The summed E-state index contributed by atoms with van der Waals surface area (Å²) in [4.78, 5) is 0. The van der Waals surface area contributed by atoms with Gasteiger partial charge in [-0.15, -0.1) is 0 Å². The Labute approximate surface area is 95.1 Å². The van der Waals surface area contributed by atoms with E-state index in [4.69, 9.17) is 4.42 Å². The van der Waals surface area contributed by atoms with Crippen molar-refractivity contribution in [3.05, 3.63) is 35.6 Å². The predicted octanol–water partition coefficient (Wildman–Crippen LogP) is 2.17. The number of hydrogen-bond donors (Lipinski definition) is 2. The van der Waals surface area contributed by atoms with Crippen molar-refractivity contribution in [1.82, 2.24) is 5.32 Å². The molecule has 16 heavy (non-hydrogen) atoms. The van der Waals surface area contributed by atoms with Crippen LogP contribution in [0.1, 0.15) is 18.2 Å². The number of furan rings is 1. The Kier molecular flexibility index (Phi) is 2.74. The average molecular weight is 219 g/mol. The maximum Gasteiger partial charge on any atom is 0.137 e. The van der Waals surface area contributed by atoms with E-state index in [1.165, 1.54) is 5.56 Å². The van der Waals surface area contributed by atoms with Crippen molar-refractivity contribution in [2.75, 3.05) is 13.6 Å². The zero-order valence-electron chi connectivity index (χ0n) is 9.87. The summed E-state index contributed by atoms with van der Waals surface area (Å²) in [5, 5.41) is 14.2. The molecule has 0 fully saturated rings. The van der Waals surface area contributed by atoms with Gasteiger partial charge in [0.2, 0.25) is 0 Å². The summed E-state index contributed by atoms with van der Waals surface area (Å²) in [6, 6.07) is 7.89. The standard InChI is InChI=1S/C13H17NO2/c1-9-4-5-11-10(6-9)7-12(16-11)13(2,15)8-14-3/h4-7,14-15H,8H2,1-3H3. The molecule has 3 nitrogen and oxygen atoms in total. The van der Waals surface area contributed by atoms with Crippen LogP contribution in [0.3, 0.4) is 0 Å². The topological polar surface area (TPSA) is 45.4 Å². The number of aryl methyl sites for hydroxylation is 1. The molecule has 2 rings (SSSR count). The third-order valence-corrected chi connectivity index (χ3v) is 2.72. The summed E-state index contributed by atoms with van der Waals surface area (Å²) in [6.45, 7) is 4.25. The van der Waals surface area contributed by atoms with Crippen LogP contribution in [0.4, 0.5) is 0 Å². The molecule has 1 unspecified atom stereocenters. The predicted molar refractivity (Wildman–Crippen MR) is 64.4 cm³/mol. The van der Waals surface area contributed by atoms with E-state index >= 15 is 0 Å². The fourth-order valence-electron chi connectivity index (χ4n) is 1.86. The maximum atomic E-state index is 10.2. The van der Waals surface area contributed by atoms with E-state index in [0.717, 1.165) is 11.0 Å². The van der Waals surface area contributed by atoms with Crippen LogP contribution in [-0.2, 0) is 5.60 Å². The molecule has 3 heteroatoms. The number of fused-ring (bicyclic) bond motifs is 1. The molecule has 1 aromatic heterocycles. The van der Waals surface area contributed by atoms with Gasteiger partial charge >= 0.3 is 0 Å². The lowest BCUT2D eigenvalue weighted by atomic mass is 10.0. The summed E-state index contributed by atoms with van der Waals surface area (Å²) < 4.78 is 5.65. The minimum absolute atomic E-state index is 0.464. The van der Waals surface area contributed by atoms with Gasteiger partial charge in [0, 0.05) is 11.9 Å². The third kappa shape index (κ3) is 1.96. The Morgan fingerprint density at radius 1 is 1.38 bits per heavy atom. The van der Waals surface area contributed by atoms with Gasteiger partial charge in [0.15, 0.2) is 0 Å². The molecule has 1 atom stereocenters. The molecule has 2 N–H and O–H groups in total. The van der Waals surface area contributed by atoms with Crippen LogP contribution in [0.25, 0.3) is 11.0 Å². The van der Waals surface area contributed by atoms with Gasteiger partial charge in [-0.2, -0.15) is 0 Å². The lowest BCUT2D eigenvalue weighted by Gasteiger charge is -2.19. The number of benzene rings is 1. The summed E-state index contributed by atoms with van der Waals surface area (Å²) in [7, 11) is 1.81. The largest absolute Gasteiger partial charge is 0.458 e. The van der Waals surface area contributed by atoms with E-state index in [2.05, 4.69) is 11.4 Å². The third-order valence-electron chi connectivity index (χ3n) is 2.72. The van der Waals surface area contributed by atoms with E-state index in [0.29, 0.717) is 12.3 Å². The molecular formula is C13H17NO2. The van der Waals surface area contributed by atoms with Gasteiger partial charge in [-0.25, -0.2) is 0 Å². The second-order valence-electron chi connectivity index (χ2n) is 4.46. The number of rotatable bonds is 3. The van der Waals surface area contributed by atoms with Gasteiger partial charge in [-0.3, -0.25) is 0 Å². The van der Waals surface area contributed by atoms with Gasteiger partial charge in [0.1, 0.15) is 16.9 Å². The molecule has 0 aliphatic carbocycles. The second kappa shape index (κ2) is 3.92. The number of likely N-dealkylation sites (N-methyl/N-ethyl adjacent to an activating group) is 1. The smallest absolute Gasteiger partial charge is 0.137 e. The molecule has 86 valence electrons. The minimum atomic E-state index is -0.971. The summed E-state index contributed by atoms with van der Waals surface area (Å²) >= 11 is 0. The monoisotopic (exact) mass is 219 g/mol. The Morgan fingerprint density at radius 2 is 2.12 bits per heavy atom. The number of aliphatic hydroxyl groups is 1. The summed E-state index contributed by atoms with van der Waals surface area (Å²) in [5.74, 6) is 0.599. The Balaban J connectivity index is 2.46. The molecule has 2 aromatic rings. The highest BCUT2D eigenvalue weighted by atomic mass is 16.4. The molecular weight excluding hydrogens is 202 g/mol. The van der Waals surface area contributed by atoms with Crippen molar-refractivity contribution in [2.24, 2.45) is 0 Å². The van der Waals surface area contributed by atoms with Crippen LogP contribution >= 0.6 is 0 Å². The van der Waals surface area contributed by atoms with Crippen LogP contribution in [0, 0.1) is 6.92 Å². The van der Waals surface area contributed by atoms with Crippen molar-refractivity contribution in [3.63, 3.8) is 0 Å². The zero-order chi connectivity index (χ0) is 11.8. The van der Waals surface area contributed by atoms with Crippen molar-refractivity contribution >= 4 is 11.0 Å². The lowest BCUT2D eigenvalue weighted by Crippen LogP contribution is -2.32. The summed E-state index contributed by atoms with van der Waals surface area (Å²) in [5.41, 5.74) is 1.03. The number of nitrogens with one attached hydrogen (secondary N) is 1. The van der Waals surface area contributed by atoms with Crippen LogP contribution in [-0.4, -0.2) is 18.7 Å². The fourth-order valence-corrected chi connectivity index (χ4v) is 1.86. The van der Waals surface area contributed by atoms with E-state index in [1.807, 2.05) is 25.1 Å². The molecule has 0 aliphatic rings. The van der Waals surface area contributed by atoms with Crippen molar-refractivity contribution in [1.29, 1.82) is 0 Å². The number of hydrogen-bond acceptors (Lipinski definition) is 3. The normalized spacial score (nSPS) is 15.2. The molecule has 0 saturated carbocycles. The zero-order valence-corrected chi connectivity index (χ0v) is 9.87. The minimum Gasteiger partial charge on any atom is -0.458 e. The van der Waals surface area contributed by atoms with Gasteiger partial charge in [-0.1, -0.05) is 11.6 Å². The van der Waals surface area contributed by atoms with Crippen LogP contribution in [0.2, 0.25) is 0 Å². The maximum absolute atomic E-state index is 10.2. The fraction of sp³-hybridized carbons (Fsp3) is 0.385. The quantitative estimate of drug-likeness (QED) is 0.831. The van der Waals surface area contributed by atoms with Crippen LogP contribution in [0.15, 0.2) is 28.7 Å². The molecule has 0 aliphatic heterocycles. The molecule has 0 radical (unpaired) electrons. The first-order valence-electron chi connectivity index (χ1n) is 5.40. The molecule has 0 amide bonds. The Hall–Kier alpha value is -1.32. The second-order valence-corrected chi connectivity index (χ2v) is 4.46. The van der Waals surface area contributed by atoms with Crippen molar-refractivity contribution < 1.29 is 9.52 Å². The molecule has 1 heterocycles.